The number of benzene rings is 2. The quantitative estimate of drug-likeness (QED) is 0.646. The van der Waals surface area contributed by atoms with Gasteiger partial charge in [0.05, 0.1) is 5.69 Å². The molecule has 2 rings (SSSR count). The van der Waals surface area contributed by atoms with Crippen LogP contribution in [0.15, 0.2) is 65.7 Å². The zero-order valence-corrected chi connectivity index (χ0v) is 8.72. The normalized spacial score (nSPS) is 11.4. The van der Waals surface area contributed by atoms with Crippen molar-refractivity contribution in [2.45, 2.75) is 6.92 Å². The van der Waals surface area contributed by atoms with Crippen molar-refractivity contribution in [1.29, 1.82) is 0 Å². The number of para-hydroxylation sites is 1. The molecule has 0 fully saturated rings. The third-order valence-electron chi connectivity index (χ3n) is 2.24. The van der Waals surface area contributed by atoms with Crippen molar-refractivity contribution in [2.24, 2.45) is 4.99 Å². The van der Waals surface area contributed by atoms with Gasteiger partial charge < -0.3 is 0 Å². The molecule has 2 aromatic rings. The Bertz CT molecular complexity index is 443. The van der Waals surface area contributed by atoms with Gasteiger partial charge in [-0.05, 0) is 24.6 Å². The molecule has 0 aliphatic rings. The molecule has 2 aromatic carbocycles. The molecule has 0 aliphatic heterocycles. The highest BCUT2D eigenvalue weighted by molar-refractivity contribution is 6.00. The van der Waals surface area contributed by atoms with Crippen molar-refractivity contribution in [3.05, 3.63) is 66.2 Å². The van der Waals surface area contributed by atoms with E-state index in [1.165, 1.54) is 5.56 Å². The first-order valence-corrected chi connectivity index (χ1v) is 5.02. The van der Waals surface area contributed by atoms with E-state index < -0.39 is 0 Å². The molecule has 0 saturated carbocycles. The largest absolute Gasteiger partial charge is 0.253 e. The molecule has 0 amide bonds. The van der Waals surface area contributed by atoms with E-state index in [0.29, 0.717) is 0 Å². The van der Waals surface area contributed by atoms with Crippen LogP contribution in [0.4, 0.5) is 5.69 Å². The summed E-state index contributed by atoms with van der Waals surface area (Å²) in [7, 11) is 0. The van der Waals surface area contributed by atoms with E-state index in [1.54, 1.807) is 0 Å². The van der Waals surface area contributed by atoms with Crippen LogP contribution >= 0.6 is 0 Å². The van der Waals surface area contributed by atoms with Crippen LogP contribution in [-0.2, 0) is 0 Å². The van der Waals surface area contributed by atoms with Gasteiger partial charge in [0.15, 0.2) is 0 Å². The molecule has 0 bridgehead atoms. The molecule has 1 nitrogen and oxygen atoms in total. The minimum absolute atomic E-state index is 0.999. The summed E-state index contributed by atoms with van der Waals surface area (Å²) in [4.78, 5) is 4.55. The van der Waals surface area contributed by atoms with Gasteiger partial charge in [-0.3, -0.25) is 4.99 Å². The Morgan fingerprint density at radius 3 is 1.93 bits per heavy atom. The summed E-state index contributed by atoms with van der Waals surface area (Å²) in [5, 5.41) is 0. The molecule has 0 N–H and O–H groups in total. The fourth-order valence-corrected chi connectivity index (χ4v) is 1.44. The van der Waals surface area contributed by atoms with Crippen molar-refractivity contribution in [1.82, 2.24) is 0 Å². The minimum atomic E-state index is 0.999. The summed E-state index contributed by atoms with van der Waals surface area (Å²) >= 11 is 0. The fourth-order valence-electron chi connectivity index (χ4n) is 1.44. The standard InChI is InChI=1S/C14H13N/c1-12(13-8-4-2-5-9-13)15-14-10-6-3-7-11-14/h2-11H,1H3/b15-12+. The fraction of sp³-hybridized carbons (Fsp3) is 0.0714. The second-order valence-electron chi connectivity index (χ2n) is 3.40. The van der Waals surface area contributed by atoms with E-state index in [2.05, 4.69) is 17.1 Å². The van der Waals surface area contributed by atoms with Gasteiger partial charge in [0, 0.05) is 5.71 Å². The van der Waals surface area contributed by atoms with Crippen molar-refractivity contribution in [2.75, 3.05) is 0 Å². The number of rotatable bonds is 2. The van der Waals surface area contributed by atoms with Crippen LogP contribution in [0.2, 0.25) is 0 Å². The van der Waals surface area contributed by atoms with Crippen molar-refractivity contribution in [3.63, 3.8) is 0 Å². The van der Waals surface area contributed by atoms with Gasteiger partial charge in [0.1, 0.15) is 0 Å². The molecule has 1 heteroatoms. The SMILES string of the molecule is C/C(=N\c1ccccc1)c1ccccc1. The summed E-state index contributed by atoms with van der Waals surface area (Å²) in [6.07, 6.45) is 0. The zero-order valence-electron chi connectivity index (χ0n) is 8.72. The smallest absolute Gasteiger partial charge is 0.0633 e. The topological polar surface area (TPSA) is 12.4 Å². The van der Waals surface area contributed by atoms with Crippen LogP contribution in [0.1, 0.15) is 12.5 Å². The van der Waals surface area contributed by atoms with Crippen LogP contribution in [0.5, 0.6) is 0 Å². The van der Waals surface area contributed by atoms with Crippen LogP contribution in [0.3, 0.4) is 0 Å². The average molecular weight is 195 g/mol. The van der Waals surface area contributed by atoms with Gasteiger partial charge >= 0.3 is 0 Å². The Labute approximate surface area is 90.1 Å². The Hall–Kier alpha value is -1.89. The predicted molar refractivity (Wildman–Crippen MR) is 64.8 cm³/mol. The third-order valence-corrected chi connectivity index (χ3v) is 2.24. The number of aliphatic imine (C=N–C) groups is 1. The molecule has 0 unspecified atom stereocenters. The van der Waals surface area contributed by atoms with E-state index in [9.17, 15) is 0 Å². The maximum absolute atomic E-state index is 4.55. The first-order valence-electron chi connectivity index (χ1n) is 5.02. The first-order chi connectivity index (χ1) is 7.36. The summed E-state index contributed by atoms with van der Waals surface area (Å²) in [5.41, 5.74) is 3.21. The van der Waals surface area contributed by atoms with Gasteiger partial charge in [0.25, 0.3) is 0 Å². The molecule has 0 saturated heterocycles. The lowest BCUT2D eigenvalue weighted by Crippen LogP contribution is -1.92. The van der Waals surface area contributed by atoms with E-state index in [0.717, 1.165) is 11.4 Å². The second kappa shape index (κ2) is 4.56. The van der Waals surface area contributed by atoms with Crippen LogP contribution in [0.25, 0.3) is 0 Å². The molecule has 0 aliphatic carbocycles. The first kappa shape index (κ1) is 9.66. The van der Waals surface area contributed by atoms with E-state index >= 15 is 0 Å². The van der Waals surface area contributed by atoms with Crippen LogP contribution < -0.4 is 0 Å². The van der Waals surface area contributed by atoms with E-state index in [-0.39, 0.29) is 0 Å². The van der Waals surface area contributed by atoms with Gasteiger partial charge in [0.2, 0.25) is 0 Å². The molecule has 0 atom stereocenters. The second-order valence-corrected chi connectivity index (χ2v) is 3.40. The molecule has 15 heavy (non-hydrogen) atoms. The highest BCUT2D eigenvalue weighted by atomic mass is 14.7. The Balaban J connectivity index is 2.29. The van der Waals surface area contributed by atoms with Crippen molar-refractivity contribution >= 4 is 11.4 Å². The molecular formula is C14H13N. The Morgan fingerprint density at radius 2 is 1.33 bits per heavy atom. The number of hydrogen-bond donors (Lipinski definition) is 0. The van der Waals surface area contributed by atoms with Gasteiger partial charge in [-0.25, -0.2) is 0 Å². The summed E-state index contributed by atoms with van der Waals surface area (Å²) in [6, 6.07) is 20.2. The molecule has 0 radical (unpaired) electrons. The highest BCUT2D eigenvalue weighted by Crippen LogP contribution is 2.12. The van der Waals surface area contributed by atoms with Gasteiger partial charge in [-0.15, -0.1) is 0 Å². The maximum Gasteiger partial charge on any atom is 0.0633 e. The van der Waals surface area contributed by atoms with E-state index in [4.69, 9.17) is 0 Å². The summed E-state index contributed by atoms with van der Waals surface area (Å²) in [6.45, 7) is 2.03. The lowest BCUT2D eigenvalue weighted by Gasteiger charge is -2.00. The summed E-state index contributed by atoms with van der Waals surface area (Å²) in [5.74, 6) is 0. The molecule has 0 heterocycles. The number of nitrogens with zero attached hydrogens (tertiary/aromatic N) is 1. The molecular weight excluding hydrogens is 182 g/mol. The predicted octanol–water partition coefficient (Wildman–Crippen LogP) is 3.83. The molecule has 0 aromatic heterocycles. The monoisotopic (exact) mass is 195 g/mol. The zero-order chi connectivity index (χ0) is 10.5. The van der Waals surface area contributed by atoms with Gasteiger partial charge in [-0.1, -0.05) is 48.5 Å². The molecule has 74 valence electrons. The van der Waals surface area contributed by atoms with Crippen LogP contribution in [0, 0.1) is 0 Å². The maximum atomic E-state index is 4.55. The number of hydrogen-bond acceptors (Lipinski definition) is 1. The minimum Gasteiger partial charge on any atom is -0.253 e. The third kappa shape index (κ3) is 2.53. The van der Waals surface area contributed by atoms with E-state index in [1.807, 2.05) is 55.5 Å². The highest BCUT2D eigenvalue weighted by Gasteiger charge is 1.95. The van der Waals surface area contributed by atoms with Gasteiger partial charge in [-0.2, -0.15) is 0 Å². The lowest BCUT2D eigenvalue weighted by atomic mass is 10.1. The molecule has 0 spiro atoms. The van der Waals surface area contributed by atoms with Crippen molar-refractivity contribution < 1.29 is 0 Å². The Morgan fingerprint density at radius 1 is 0.800 bits per heavy atom. The average Bonchev–Trinajstić information content (AvgIpc) is 2.31. The summed E-state index contributed by atoms with van der Waals surface area (Å²) < 4.78 is 0. The van der Waals surface area contributed by atoms with Crippen molar-refractivity contribution in [3.8, 4) is 0 Å². The Kier molecular flexibility index (Phi) is 2.93. The lowest BCUT2D eigenvalue weighted by molar-refractivity contribution is 1.48. The van der Waals surface area contributed by atoms with Crippen LogP contribution in [-0.4, -0.2) is 5.71 Å².